The van der Waals surface area contributed by atoms with Crippen molar-refractivity contribution < 1.29 is 14.6 Å². The molecule has 0 heterocycles. The summed E-state index contributed by atoms with van der Waals surface area (Å²) >= 11 is 11.7. The molecule has 1 N–H and O–H groups in total. The van der Waals surface area contributed by atoms with E-state index in [2.05, 4.69) is 0 Å². The predicted molar refractivity (Wildman–Crippen MR) is 78.7 cm³/mol. The molecule has 0 atom stereocenters. The second kappa shape index (κ2) is 6.75. The summed E-state index contributed by atoms with van der Waals surface area (Å²) in [6, 6.07) is 11.6. The van der Waals surface area contributed by atoms with Crippen molar-refractivity contribution in [3.8, 4) is 5.75 Å². The molecular weight excluding hydrogens is 299 g/mol. The number of carbonyl (C=O) groups excluding carboxylic acids is 1. The van der Waals surface area contributed by atoms with E-state index in [-0.39, 0.29) is 19.0 Å². The highest BCUT2D eigenvalue weighted by atomic mass is 35.5. The van der Waals surface area contributed by atoms with Crippen LogP contribution in [-0.4, -0.2) is 17.5 Å². The van der Waals surface area contributed by atoms with E-state index in [1.807, 2.05) is 0 Å². The SMILES string of the molecule is O=C(COc1cccc(CO)c1)c1ccc(Cl)cc1Cl. The van der Waals surface area contributed by atoms with Crippen molar-refractivity contribution in [3.05, 3.63) is 63.6 Å². The number of ketones is 1. The highest BCUT2D eigenvalue weighted by Crippen LogP contribution is 2.22. The van der Waals surface area contributed by atoms with Crippen molar-refractivity contribution in [1.29, 1.82) is 0 Å². The van der Waals surface area contributed by atoms with Crippen LogP contribution in [0.2, 0.25) is 10.0 Å². The third-order valence-corrected chi connectivity index (χ3v) is 3.23. The van der Waals surface area contributed by atoms with Crippen LogP contribution in [0.3, 0.4) is 0 Å². The molecule has 104 valence electrons. The predicted octanol–water partition coefficient (Wildman–Crippen LogP) is 3.75. The van der Waals surface area contributed by atoms with E-state index < -0.39 is 0 Å². The molecule has 0 aliphatic carbocycles. The minimum absolute atomic E-state index is 0.0752. The molecule has 20 heavy (non-hydrogen) atoms. The summed E-state index contributed by atoms with van der Waals surface area (Å²) < 4.78 is 5.40. The monoisotopic (exact) mass is 310 g/mol. The molecule has 5 heteroatoms. The molecule has 2 aromatic rings. The molecule has 0 aromatic heterocycles. The van der Waals surface area contributed by atoms with E-state index in [0.717, 1.165) is 5.56 Å². The topological polar surface area (TPSA) is 46.5 Å². The Labute approximate surface area is 126 Å². The first-order valence-corrected chi connectivity index (χ1v) is 6.66. The van der Waals surface area contributed by atoms with E-state index in [0.29, 0.717) is 21.4 Å². The van der Waals surface area contributed by atoms with Crippen LogP contribution in [0.4, 0.5) is 0 Å². The summed E-state index contributed by atoms with van der Waals surface area (Å²) in [4.78, 5) is 12.0. The van der Waals surface area contributed by atoms with E-state index in [9.17, 15) is 4.79 Å². The average molecular weight is 311 g/mol. The summed E-state index contributed by atoms with van der Waals surface area (Å²) in [5, 5.41) is 9.80. The zero-order valence-electron chi connectivity index (χ0n) is 10.5. The van der Waals surface area contributed by atoms with Gasteiger partial charge in [-0.2, -0.15) is 0 Å². The first kappa shape index (κ1) is 14.9. The molecule has 0 radical (unpaired) electrons. The Balaban J connectivity index is 2.04. The van der Waals surface area contributed by atoms with Gasteiger partial charge in [0.05, 0.1) is 11.6 Å². The van der Waals surface area contributed by atoms with Gasteiger partial charge in [-0.3, -0.25) is 4.79 Å². The zero-order valence-corrected chi connectivity index (χ0v) is 12.0. The first-order chi connectivity index (χ1) is 9.60. The number of benzene rings is 2. The number of Topliss-reactive ketones (excluding diaryl/α,β-unsaturated/α-hetero) is 1. The number of aliphatic hydroxyl groups excluding tert-OH is 1. The first-order valence-electron chi connectivity index (χ1n) is 5.91. The smallest absolute Gasteiger partial charge is 0.201 e. The largest absolute Gasteiger partial charge is 0.485 e. The van der Waals surface area contributed by atoms with Crippen LogP contribution in [0.5, 0.6) is 5.75 Å². The van der Waals surface area contributed by atoms with Gasteiger partial charge < -0.3 is 9.84 Å². The van der Waals surface area contributed by atoms with Gasteiger partial charge in [-0.05, 0) is 35.9 Å². The molecule has 0 bridgehead atoms. The lowest BCUT2D eigenvalue weighted by Crippen LogP contribution is -2.12. The number of aliphatic hydroxyl groups is 1. The number of hydrogen-bond donors (Lipinski definition) is 1. The molecule has 0 saturated carbocycles. The summed E-state index contributed by atoms with van der Waals surface area (Å²) in [7, 11) is 0. The van der Waals surface area contributed by atoms with Crippen LogP contribution in [0.15, 0.2) is 42.5 Å². The molecule has 0 saturated heterocycles. The summed E-state index contributed by atoms with van der Waals surface area (Å²) in [5.41, 5.74) is 1.09. The van der Waals surface area contributed by atoms with E-state index in [1.54, 1.807) is 36.4 Å². The van der Waals surface area contributed by atoms with E-state index in [1.165, 1.54) is 6.07 Å². The third kappa shape index (κ3) is 3.73. The van der Waals surface area contributed by atoms with E-state index >= 15 is 0 Å². The van der Waals surface area contributed by atoms with Gasteiger partial charge in [0.2, 0.25) is 5.78 Å². The van der Waals surface area contributed by atoms with Gasteiger partial charge in [0, 0.05) is 10.6 Å². The Morgan fingerprint density at radius 2 is 1.95 bits per heavy atom. The minimum Gasteiger partial charge on any atom is -0.485 e. The number of hydrogen-bond acceptors (Lipinski definition) is 3. The number of carbonyl (C=O) groups is 1. The number of ether oxygens (including phenoxy) is 1. The summed E-state index contributed by atoms with van der Waals surface area (Å²) in [6.45, 7) is -0.204. The molecule has 0 unspecified atom stereocenters. The lowest BCUT2D eigenvalue weighted by molar-refractivity contribution is 0.0921. The van der Waals surface area contributed by atoms with Gasteiger partial charge in [-0.25, -0.2) is 0 Å². The fourth-order valence-electron chi connectivity index (χ4n) is 1.68. The van der Waals surface area contributed by atoms with Crippen LogP contribution >= 0.6 is 23.2 Å². The van der Waals surface area contributed by atoms with Crippen molar-refractivity contribution in [3.63, 3.8) is 0 Å². The van der Waals surface area contributed by atoms with E-state index in [4.69, 9.17) is 33.0 Å². The highest BCUT2D eigenvalue weighted by Gasteiger charge is 2.11. The molecule has 0 aliphatic rings. The van der Waals surface area contributed by atoms with Crippen molar-refractivity contribution in [2.75, 3.05) is 6.61 Å². The molecule has 0 spiro atoms. The fraction of sp³-hybridized carbons (Fsp3) is 0.133. The third-order valence-electron chi connectivity index (χ3n) is 2.68. The van der Waals surface area contributed by atoms with Gasteiger partial charge in [0.15, 0.2) is 6.61 Å². The Kier molecular flexibility index (Phi) is 5.01. The highest BCUT2D eigenvalue weighted by molar-refractivity contribution is 6.36. The molecule has 0 amide bonds. The average Bonchev–Trinajstić information content (AvgIpc) is 2.45. The summed E-state index contributed by atoms with van der Waals surface area (Å²) in [5.74, 6) is 0.288. The maximum atomic E-state index is 12.0. The van der Waals surface area contributed by atoms with Gasteiger partial charge in [-0.15, -0.1) is 0 Å². The van der Waals surface area contributed by atoms with Gasteiger partial charge in [-0.1, -0.05) is 35.3 Å². The Hall–Kier alpha value is -1.55. The van der Waals surface area contributed by atoms with Gasteiger partial charge >= 0.3 is 0 Å². The maximum absolute atomic E-state index is 12.0. The van der Waals surface area contributed by atoms with Gasteiger partial charge in [0.25, 0.3) is 0 Å². The van der Waals surface area contributed by atoms with Crippen molar-refractivity contribution in [2.45, 2.75) is 6.61 Å². The minimum atomic E-state index is -0.235. The van der Waals surface area contributed by atoms with Crippen LogP contribution in [0.1, 0.15) is 15.9 Å². The van der Waals surface area contributed by atoms with Crippen LogP contribution in [-0.2, 0) is 6.61 Å². The van der Waals surface area contributed by atoms with Crippen molar-refractivity contribution in [2.24, 2.45) is 0 Å². The van der Waals surface area contributed by atoms with Gasteiger partial charge in [0.1, 0.15) is 5.75 Å². The molecule has 0 fully saturated rings. The van der Waals surface area contributed by atoms with Crippen molar-refractivity contribution in [1.82, 2.24) is 0 Å². The normalized spacial score (nSPS) is 10.3. The summed E-state index contributed by atoms with van der Waals surface area (Å²) in [6.07, 6.45) is 0. The van der Waals surface area contributed by atoms with Crippen LogP contribution in [0, 0.1) is 0 Å². The molecule has 2 aromatic carbocycles. The number of halogens is 2. The zero-order chi connectivity index (χ0) is 14.5. The van der Waals surface area contributed by atoms with Crippen molar-refractivity contribution >= 4 is 29.0 Å². The lowest BCUT2D eigenvalue weighted by Gasteiger charge is -2.08. The quantitative estimate of drug-likeness (QED) is 0.856. The number of rotatable bonds is 5. The molecule has 2 rings (SSSR count). The molecule has 0 aliphatic heterocycles. The standard InChI is InChI=1S/C15H12Cl2O3/c16-11-4-5-13(14(17)7-11)15(19)9-20-12-3-1-2-10(6-12)8-18/h1-7,18H,8-9H2. The second-order valence-electron chi connectivity index (χ2n) is 4.14. The van der Waals surface area contributed by atoms with Crippen LogP contribution < -0.4 is 4.74 Å². The Bertz CT molecular complexity index is 626. The Morgan fingerprint density at radius 1 is 1.15 bits per heavy atom. The molecular formula is C15H12Cl2O3. The maximum Gasteiger partial charge on any atom is 0.201 e. The fourth-order valence-corrected chi connectivity index (χ4v) is 2.19. The second-order valence-corrected chi connectivity index (χ2v) is 4.99. The van der Waals surface area contributed by atoms with Crippen LogP contribution in [0.25, 0.3) is 0 Å². The Morgan fingerprint density at radius 3 is 2.65 bits per heavy atom. The lowest BCUT2D eigenvalue weighted by atomic mass is 10.1. The molecule has 3 nitrogen and oxygen atoms in total.